The van der Waals surface area contributed by atoms with Crippen molar-refractivity contribution in [2.45, 2.75) is 26.2 Å². The number of carbonyl (C=O) groups excluding carboxylic acids is 1. The molecule has 0 saturated heterocycles. The van der Waals surface area contributed by atoms with Gasteiger partial charge in [0, 0.05) is 18.7 Å². The molecule has 0 saturated carbocycles. The Kier molecular flexibility index (Phi) is 4.99. The van der Waals surface area contributed by atoms with Gasteiger partial charge in [-0.3, -0.25) is 4.79 Å². The number of amides is 1. The molecule has 16 heavy (non-hydrogen) atoms. The summed E-state index contributed by atoms with van der Waals surface area (Å²) >= 11 is 0. The van der Waals surface area contributed by atoms with Gasteiger partial charge in [0.05, 0.1) is 0 Å². The highest BCUT2D eigenvalue weighted by atomic mass is 16.1. The minimum Gasteiger partial charge on any atom is -0.351 e. The molecule has 0 aliphatic heterocycles. The molecule has 0 heterocycles. The topological polar surface area (TPSA) is 55.1 Å². The van der Waals surface area contributed by atoms with E-state index < -0.39 is 0 Å². The van der Waals surface area contributed by atoms with E-state index in [9.17, 15) is 4.79 Å². The Balaban J connectivity index is 2.67. The van der Waals surface area contributed by atoms with Gasteiger partial charge in [0.2, 0.25) is 0 Å². The fourth-order valence-electron chi connectivity index (χ4n) is 1.49. The van der Waals surface area contributed by atoms with Crippen molar-refractivity contribution in [2.75, 3.05) is 13.1 Å². The minimum absolute atomic E-state index is 0.0545. The number of hydrogen-bond donors (Lipinski definition) is 2. The molecule has 0 fully saturated rings. The zero-order valence-electron chi connectivity index (χ0n) is 9.99. The van der Waals surface area contributed by atoms with Gasteiger partial charge in [0.1, 0.15) is 0 Å². The predicted octanol–water partition coefficient (Wildman–Crippen LogP) is 1.89. The summed E-state index contributed by atoms with van der Waals surface area (Å²) in [5.74, 6) is 0.488. The van der Waals surface area contributed by atoms with Gasteiger partial charge in [-0.25, -0.2) is 0 Å². The highest BCUT2D eigenvalue weighted by Gasteiger charge is 2.06. The van der Waals surface area contributed by atoms with Crippen LogP contribution in [0.3, 0.4) is 0 Å². The number of hydrogen-bond acceptors (Lipinski definition) is 2. The maximum absolute atomic E-state index is 11.6. The van der Waals surface area contributed by atoms with Crippen LogP contribution in [0.1, 0.15) is 42.1 Å². The molecule has 0 spiro atoms. The van der Waals surface area contributed by atoms with Gasteiger partial charge < -0.3 is 11.1 Å². The van der Waals surface area contributed by atoms with Crippen molar-refractivity contribution in [1.82, 2.24) is 5.32 Å². The van der Waals surface area contributed by atoms with Crippen LogP contribution in [0, 0.1) is 0 Å². The number of benzene rings is 1. The van der Waals surface area contributed by atoms with Crippen LogP contribution >= 0.6 is 0 Å². The Labute approximate surface area is 97.0 Å². The summed E-state index contributed by atoms with van der Waals surface area (Å²) in [5, 5.41) is 2.75. The SMILES string of the molecule is CCC(C)c1ccc(C(=O)NCCN)cc1. The van der Waals surface area contributed by atoms with Gasteiger partial charge >= 0.3 is 0 Å². The smallest absolute Gasteiger partial charge is 0.251 e. The lowest BCUT2D eigenvalue weighted by Gasteiger charge is -2.09. The Morgan fingerprint density at radius 3 is 2.50 bits per heavy atom. The third kappa shape index (κ3) is 3.35. The summed E-state index contributed by atoms with van der Waals surface area (Å²) < 4.78 is 0. The molecule has 0 radical (unpaired) electrons. The first-order valence-electron chi connectivity index (χ1n) is 5.77. The number of rotatable bonds is 5. The molecule has 1 aromatic carbocycles. The van der Waals surface area contributed by atoms with Crippen LogP contribution in [0.5, 0.6) is 0 Å². The summed E-state index contributed by atoms with van der Waals surface area (Å²) in [4.78, 5) is 11.6. The molecule has 3 N–H and O–H groups in total. The van der Waals surface area contributed by atoms with Crippen molar-refractivity contribution >= 4 is 5.91 Å². The van der Waals surface area contributed by atoms with Crippen LogP contribution in [0.2, 0.25) is 0 Å². The predicted molar refractivity (Wildman–Crippen MR) is 66.5 cm³/mol. The first-order chi connectivity index (χ1) is 7.69. The summed E-state index contributed by atoms with van der Waals surface area (Å²) in [5.41, 5.74) is 7.29. The molecule has 1 amide bonds. The molecular formula is C13H20N2O. The van der Waals surface area contributed by atoms with Gasteiger partial charge in [-0.05, 0) is 30.0 Å². The van der Waals surface area contributed by atoms with E-state index in [0.29, 0.717) is 24.6 Å². The lowest BCUT2D eigenvalue weighted by molar-refractivity contribution is 0.0954. The van der Waals surface area contributed by atoms with E-state index in [1.807, 2.05) is 24.3 Å². The quantitative estimate of drug-likeness (QED) is 0.796. The standard InChI is InChI=1S/C13H20N2O/c1-3-10(2)11-4-6-12(7-5-11)13(16)15-9-8-14/h4-7,10H,3,8-9,14H2,1-2H3,(H,15,16). The number of nitrogens with one attached hydrogen (secondary N) is 1. The fraction of sp³-hybridized carbons (Fsp3) is 0.462. The van der Waals surface area contributed by atoms with Crippen molar-refractivity contribution < 1.29 is 4.79 Å². The molecule has 1 atom stereocenters. The maximum atomic E-state index is 11.6. The van der Waals surface area contributed by atoms with Gasteiger partial charge in [0.25, 0.3) is 5.91 Å². The fourth-order valence-corrected chi connectivity index (χ4v) is 1.49. The molecule has 1 aromatic rings. The Bertz CT molecular complexity index is 332. The first-order valence-corrected chi connectivity index (χ1v) is 5.77. The third-order valence-electron chi connectivity index (χ3n) is 2.78. The number of carbonyl (C=O) groups is 1. The second-order valence-corrected chi connectivity index (χ2v) is 3.98. The maximum Gasteiger partial charge on any atom is 0.251 e. The van der Waals surface area contributed by atoms with Crippen LogP contribution in [0.4, 0.5) is 0 Å². The molecule has 3 nitrogen and oxygen atoms in total. The summed E-state index contributed by atoms with van der Waals surface area (Å²) in [7, 11) is 0. The molecule has 0 aliphatic rings. The molecule has 88 valence electrons. The van der Waals surface area contributed by atoms with Crippen molar-refractivity contribution in [1.29, 1.82) is 0 Å². The van der Waals surface area contributed by atoms with Crippen LogP contribution in [0.15, 0.2) is 24.3 Å². The monoisotopic (exact) mass is 220 g/mol. The molecule has 0 aromatic heterocycles. The van der Waals surface area contributed by atoms with Crippen LogP contribution in [-0.2, 0) is 0 Å². The molecule has 3 heteroatoms. The van der Waals surface area contributed by atoms with Gasteiger partial charge in [0.15, 0.2) is 0 Å². The highest BCUT2D eigenvalue weighted by molar-refractivity contribution is 5.94. The van der Waals surface area contributed by atoms with Crippen LogP contribution < -0.4 is 11.1 Å². The molecule has 0 aliphatic carbocycles. The average molecular weight is 220 g/mol. The van der Waals surface area contributed by atoms with Gasteiger partial charge in [-0.1, -0.05) is 26.0 Å². The Morgan fingerprint density at radius 1 is 1.38 bits per heavy atom. The van der Waals surface area contributed by atoms with Crippen LogP contribution in [0.25, 0.3) is 0 Å². The average Bonchev–Trinajstić information content (AvgIpc) is 2.35. The van der Waals surface area contributed by atoms with Crippen molar-refractivity contribution in [3.8, 4) is 0 Å². The largest absolute Gasteiger partial charge is 0.351 e. The van der Waals surface area contributed by atoms with E-state index in [0.717, 1.165) is 6.42 Å². The minimum atomic E-state index is -0.0545. The Hall–Kier alpha value is -1.35. The van der Waals surface area contributed by atoms with E-state index in [1.54, 1.807) is 0 Å². The second-order valence-electron chi connectivity index (χ2n) is 3.98. The summed E-state index contributed by atoms with van der Waals surface area (Å²) in [6, 6.07) is 7.78. The lowest BCUT2D eigenvalue weighted by Crippen LogP contribution is -2.28. The highest BCUT2D eigenvalue weighted by Crippen LogP contribution is 2.18. The second kappa shape index (κ2) is 6.28. The van der Waals surface area contributed by atoms with E-state index in [-0.39, 0.29) is 5.91 Å². The zero-order chi connectivity index (χ0) is 12.0. The van der Waals surface area contributed by atoms with Crippen molar-refractivity contribution in [3.05, 3.63) is 35.4 Å². The molecule has 1 unspecified atom stereocenters. The zero-order valence-corrected chi connectivity index (χ0v) is 9.99. The third-order valence-corrected chi connectivity index (χ3v) is 2.78. The molecule has 0 bridgehead atoms. The summed E-state index contributed by atoms with van der Waals surface area (Å²) in [6.07, 6.45) is 1.11. The molecular weight excluding hydrogens is 200 g/mol. The Morgan fingerprint density at radius 2 is 2.00 bits per heavy atom. The van der Waals surface area contributed by atoms with E-state index in [2.05, 4.69) is 19.2 Å². The van der Waals surface area contributed by atoms with E-state index >= 15 is 0 Å². The lowest BCUT2D eigenvalue weighted by atomic mass is 9.97. The summed E-state index contributed by atoms with van der Waals surface area (Å²) in [6.45, 7) is 5.33. The van der Waals surface area contributed by atoms with Crippen molar-refractivity contribution in [2.24, 2.45) is 5.73 Å². The van der Waals surface area contributed by atoms with Crippen molar-refractivity contribution in [3.63, 3.8) is 0 Å². The van der Waals surface area contributed by atoms with Crippen LogP contribution in [-0.4, -0.2) is 19.0 Å². The molecule has 1 rings (SSSR count). The van der Waals surface area contributed by atoms with E-state index in [1.165, 1.54) is 5.56 Å². The normalized spacial score (nSPS) is 12.2. The van der Waals surface area contributed by atoms with Gasteiger partial charge in [-0.2, -0.15) is 0 Å². The van der Waals surface area contributed by atoms with E-state index in [4.69, 9.17) is 5.73 Å². The first kappa shape index (κ1) is 12.7. The van der Waals surface area contributed by atoms with Gasteiger partial charge in [-0.15, -0.1) is 0 Å². The number of nitrogens with two attached hydrogens (primary N) is 1.